The Morgan fingerprint density at radius 3 is 2.69 bits per heavy atom. The fourth-order valence-electron chi connectivity index (χ4n) is 5.18. The molecule has 2 aromatic rings. The molecular weight excluding hydrogens is 458 g/mol. The highest BCUT2D eigenvalue weighted by atomic mass is 32.2. The molecule has 35 heavy (non-hydrogen) atoms. The molecule has 0 fully saturated rings. The van der Waals surface area contributed by atoms with Gasteiger partial charge in [0.1, 0.15) is 0 Å². The molecule has 1 aliphatic carbocycles. The number of aryl methyl sites for hydroxylation is 1. The van der Waals surface area contributed by atoms with E-state index in [0.717, 1.165) is 41.4 Å². The number of aliphatic imine (C=N–C) groups is 1. The van der Waals surface area contributed by atoms with Crippen LogP contribution in [0.5, 0.6) is 0 Å². The number of hydrogen-bond donors (Lipinski definition) is 1. The van der Waals surface area contributed by atoms with E-state index in [1.54, 1.807) is 0 Å². The van der Waals surface area contributed by atoms with Crippen molar-refractivity contribution in [2.45, 2.75) is 51.1 Å². The molecule has 0 unspecified atom stereocenters. The van der Waals surface area contributed by atoms with Gasteiger partial charge in [-0.1, -0.05) is 73.3 Å². The van der Waals surface area contributed by atoms with E-state index >= 15 is 0 Å². The molecule has 5 rings (SSSR count). The predicted octanol–water partition coefficient (Wildman–Crippen LogP) is 5.41. The first kappa shape index (κ1) is 23.4. The largest absolute Gasteiger partial charge is 0.466 e. The monoisotopic (exact) mass is 487 g/mol. The molecular formula is C28H29N3O3S. The number of nitrogens with one attached hydrogen (secondary N) is 1. The predicted molar refractivity (Wildman–Crippen MR) is 138 cm³/mol. The minimum atomic E-state index is -0.393. The van der Waals surface area contributed by atoms with E-state index in [-0.39, 0.29) is 18.4 Å². The first-order valence-electron chi connectivity index (χ1n) is 12.1. The number of thioether (sulfide) groups is 1. The first-order valence-corrected chi connectivity index (χ1v) is 13.0. The zero-order valence-corrected chi connectivity index (χ0v) is 20.8. The Labute approximate surface area is 210 Å². The van der Waals surface area contributed by atoms with Gasteiger partial charge in [-0.15, -0.1) is 0 Å². The fraction of sp³-hybridized carbons (Fsp3) is 0.321. The number of hydrogen-bond acceptors (Lipinski definition) is 6. The van der Waals surface area contributed by atoms with Crippen LogP contribution in [0, 0.1) is 0 Å². The number of amides is 1. The lowest BCUT2D eigenvalue weighted by Crippen LogP contribution is -2.38. The number of amidine groups is 1. The van der Waals surface area contributed by atoms with Gasteiger partial charge in [0.25, 0.3) is 0 Å². The van der Waals surface area contributed by atoms with Gasteiger partial charge in [0, 0.05) is 5.70 Å². The van der Waals surface area contributed by atoms with Crippen molar-refractivity contribution in [1.29, 1.82) is 0 Å². The van der Waals surface area contributed by atoms with Crippen LogP contribution in [0.25, 0.3) is 0 Å². The molecule has 1 N–H and O–H groups in total. The summed E-state index contributed by atoms with van der Waals surface area (Å²) in [6.45, 7) is 1.99. The lowest BCUT2D eigenvalue weighted by atomic mass is 9.87. The maximum atomic E-state index is 13.3. The number of nitrogens with zero attached hydrogens (tertiary/aromatic N) is 2. The topological polar surface area (TPSA) is 71.0 Å². The summed E-state index contributed by atoms with van der Waals surface area (Å²) in [6.07, 6.45) is 3.88. The van der Waals surface area contributed by atoms with Gasteiger partial charge in [0.2, 0.25) is 5.91 Å². The van der Waals surface area contributed by atoms with Gasteiger partial charge in [-0.25, -0.2) is 9.79 Å². The summed E-state index contributed by atoms with van der Waals surface area (Å²) in [4.78, 5) is 33.0. The third-order valence-electron chi connectivity index (χ3n) is 6.79. The zero-order valence-electron chi connectivity index (χ0n) is 20.0. The summed E-state index contributed by atoms with van der Waals surface area (Å²) in [5.41, 5.74) is 5.58. The van der Waals surface area contributed by atoms with Crippen LogP contribution in [0.1, 0.15) is 61.4 Å². The number of benzene rings is 2. The molecule has 0 spiro atoms. The van der Waals surface area contributed by atoms with Gasteiger partial charge < -0.3 is 15.0 Å². The summed E-state index contributed by atoms with van der Waals surface area (Å²) in [6, 6.07) is 17.9. The fourth-order valence-corrected chi connectivity index (χ4v) is 6.11. The van der Waals surface area contributed by atoms with E-state index in [1.165, 1.54) is 30.0 Å². The van der Waals surface area contributed by atoms with Crippen molar-refractivity contribution in [2.75, 3.05) is 7.11 Å². The van der Waals surface area contributed by atoms with Crippen molar-refractivity contribution >= 4 is 28.8 Å². The minimum absolute atomic E-state index is 0.0266. The van der Waals surface area contributed by atoms with Crippen LogP contribution in [0.3, 0.4) is 0 Å². The Kier molecular flexibility index (Phi) is 6.77. The molecule has 0 bridgehead atoms. The lowest BCUT2D eigenvalue weighted by Gasteiger charge is -2.36. The smallest absolute Gasteiger partial charge is 0.338 e. The van der Waals surface area contributed by atoms with Crippen LogP contribution in [0.2, 0.25) is 0 Å². The van der Waals surface area contributed by atoms with Crippen molar-refractivity contribution in [2.24, 2.45) is 4.99 Å². The molecule has 7 heteroatoms. The van der Waals surface area contributed by atoms with Crippen LogP contribution in [0.4, 0.5) is 0 Å². The maximum absolute atomic E-state index is 13.3. The average Bonchev–Trinajstić information content (AvgIpc) is 3.29. The second-order valence-electron chi connectivity index (χ2n) is 8.90. The number of ether oxygens (including phenoxy) is 1. The van der Waals surface area contributed by atoms with Crippen molar-refractivity contribution in [3.63, 3.8) is 0 Å². The Balaban J connectivity index is 1.42. The van der Waals surface area contributed by atoms with E-state index in [2.05, 4.69) is 23.5 Å². The van der Waals surface area contributed by atoms with Gasteiger partial charge in [0.15, 0.2) is 5.17 Å². The lowest BCUT2D eigenvalue weighted by molar-refractivity contribution is -0.136. The van der Waals surface area contributed by atoms with Crippen LogP contribution in [-0.2, 0) is 20.7 Å². The molecule has 2 heterocycles. The van der Waals surface area contributed by atoms with Gasteiger partial charge in [-0.3, -0.25) is 4.79 Å². The number of allylic oxidation sites excluding steroid dienone is 1. The van der Waals surface area contributed by atoms with Gasteiger partial charge in [0.05, 0.1) is 36.9 Å². The number of esters is 1. The molecule has 2 aromatic carbocycles. The van der Waals surface area contributed by atoms with Crippen molar-refractivity contribution in [3.05, 3.63) is 93.7 Å². The summed E-state index contributed by atoms with van der Waals surface area (Å²) < 4.78 is 5.17. The van der Waals surface area contributed by atoms with E-state index in [1.807, 2.05) is 53.6 Å². The van der Waals surface area contributed by atoms with Gasteiger partial charge in [-0.05, 0) is 47.8 Å². The first-order chi connectivity index (χ1) is 17.1. The van der Waals surface area contributed by atoms with E-state index in [0.29, 0.717) is 12.0 Å². The third kappa shape index (κ3) is 4.52. The van der Waals surface area contributed by atoms with Gasteiger partial charge >= 0.3 is 5.97 Å². The number of carbonyl (C=O) groups is 2. The second kappa shape index (κ2) is 10.1. The number of rotatable bonds is 6. The highest BCUT2D eigenvalue weighted by Crippen LogP contribution is 2.45. The van der Waals surface area contributed by atoms with E-state index in [4.69, 9.17) is 9.73 Å². The zero-order chi connectivity index (χ0) is 24.4. The number of methoxy groups -OCH3 is 1. The van der Waals surface area contributed by atoms with Crippen molar-refractivity contribution in [3.8, 4) is 0 Å². The molecule has 3 aliphatic rings. The maximum Gasteiger partial charge on any atom is 0.338 e. The van der Waals surface area contributed by atoms with Crippen LogP contribution < -0.4 is 5.32 Å². The molecule has 6 nitrogen and oxygen atoms in total. The quantitative estimate of drug-likeness (QED) is 0.552. The second-order valence-corrected chi connectivity index (χ2v) is 9.73. The number of carbonyl (C=O) groups excluding carboxylic acids is 2. The van der Waals surface area contributed by atoms with E-state index in [9.17, 15) is 9.59 Å². The average molecular weight is 488 g/mol. The van der Waals surface area contributed by atoms with Crippen molar-refractivity contribution < 1.29 is 14.3 Å². The summed E-state index contributed by atoms with van der Waals surface area (Å²) in [7, 11) is 1.40. The standard InChI is InChI=1S/C28H29N3O3S/c1-3-22-25(27(33)34-2)26(19-11-5-4-6-12-19)31-20(17-35-28(31)30-22)16-24(32)29-23-15-9-13-18-10-7-8-14-21(18)23/h4-8,10-12,14,17,23,26H,3,9,13,15-16H2,1-2H3,(H,29,32)/t23-,26-/m1/s1. The molecule has 0 saturated carbocycles. The highest BCUT2D eigenvalue weighted by molar-refractivity contribution is 8.16. The molecule has 1 amide bonds. The third-order valence-corrected chi connectivity index (χ3v) is 7.68. The Bertz CT molecular complexity index is 1240. The SMILES string of the molecule is CCC1=C(C(=O)OC)[C@@H](c2ccccc2)N2C(CC(=O)N[C@@H]3CCCc4ccccc43)=CSC2=N1. The molecule has 2 atom stereocenters. The molecule has 0 aromatic heterocycles. The van der Waals surface area contributed by atoms with Crippen LogP contribution in [0.15, 0.2) is 82.0 Å². The summed E-state index contributed by atoms with van der Waals surface area (Å²) in [5.74, 6) is -0.422. The Morgan fingerprint density at radius 1 is 1.14 bits per heavy atom. The number of fused-ring (bicyclic) bond motifs is 2. The summed E-state index contributed by atoms with van der Waals surface area (Å²) >= 11 is 1.50. The normalized spacial score (nSPS) is 21.0. The molecule has 0 saturated heterocycles. The highest BCUT2D eigenvalue weighted by Gasteiger charge is 2.41. The summed E-state index contributed by atoms with van der Waals surface area (Å²) in [5, 5.41) is 6.03. The van der Waals surface area contributed by atoms with Crippen LogP contribution >= 0.6 is 11.8 Å². The molecule has 2 aliphatic heterocycles. The molecule has 180 valence electrons. The van der Waals surface area contributed by atoms with E-state index < -0.39 is 12.0 Å². The van der Waals surface area contributed by atoms with Gasteiger partial charge in [-0.2, -0.15) is 0 Å². The Hall–Kier alpha value is -3.32. The van der Waals surface area contributed by atoms with Crippen LogP contribution in [-0.4, -0.2) is 29.1 Å². The minimum Gasteiger partial charge on any atom is -0.466 e. The van der Waals surface area contributed by atoms with Crippen molar-refractivity contribution in [1.82, 2.24) is 10.2 Å². The Morgan fingerprint density at radius 2 is 1.91 bits per heavy atom. The molecule has 0 radical (unpaired) electrons.